The summed E-state index contributed by atoms with van der Waals surface area (Å²) < 4.78 is 41.5. The van der Waals surface area contributed by atoms with Crippen molar-refractivity contribution in [2.45, 2.75) is 6.36 Å². The number of hydrogen-bond donors (Lipinski definition) is 1. The molecule has 0 saturated carbocycles. The van der Waals surface area contributed by atoms with E-state index < -0.39 is 6.36 Å². The molecule has 0 radical (unpaired) electrons. The number of aromatic nitrogens is 1. The molecule has 3 rings (SSSR count). The van der Waals surface area contributed by atoms with Crippen LogP contribution < -0.4 is 10.2 Å². The smallest absolute Gasteiger partial charge is 0.405 e. The van der Waals surface area contributed by atoms with Crippen molar-refractivity contribution >= 4 is 45.3 Å². The Morgan fingerprint density at radius 2 is 1.92 bits per heavy atom. The van der Waals surface area contributed by atoms with Gasteiger partial charge < -0.3 is 4.74 Å². The first kappa shape index (κ1) is 18.6. The number of anilines is 1. The number of rotatable bonds is 5. The standard InChI is InChI=1S/C17H11F3IN3OS/c18-17(19,20)25-15-8-11(6-7-13(15)21)9-22-24-16-23-14(10-26-16)12-4-2-1-3-5-12/h1-10H,(H,23,24). The first-order valence-electron chi connectivity index (χ1n) is 7.26. The van der Waals surface area contributed by atoms with Gasteiger partial charge in [0.15, 0.2) is 0 Å². The van der Waals surface area contributed by atoms with Crippen molar-refractivity contribution in [2.24, 2.45) is 5.10 Å². The molecule has 9 heteroatoms. The molecule has 3 aromatic rings. The summed E-state index contributed by atoms with van der Waals surface area (Å²) in [5, 5.41) is 6.50. The highest BCUT2D eigenvalue weighted by molar-refractivity contribution is 14.1. The maximum atomic E-state index is 12.4. The van der Waals surface area contributed by atoms with Gasteiger partial charge in [-0.1, -0.05) is 36.4 Å². The zero-order valence-electron chi connectivity index (χ0n) is 13.0. The quantitative estimate of drug-likeness (QED) is 0.282. The molecule has 0 atom stereocenters. The lowest BCUT2D eigenvalue weighted by Gasteiger charge is -2.10. The number of benzene rings is 2. The second kappa shape index (κ2) is 8.04. The third-order valence-corrected chi connectivity index (χ3v) is 4.77. The Bertz CT molecular complexity index is 913. The first-order chi connectivity index (χ1) is 12.4. The molecule has 2 aromatic carbocycles. The van der Waals surface area contributed by atoms with Gasteiger partial charge in [-0.05, 0) is 40.3 Å². The molecule has 0 spiro atoms. The molecule has 0 fully saturated rings. The van der Waals surface area contributed by atoms with Crippen LogP contribution in [0.5, 0.6) is 5.75 Å². The third kappa shape index (κ3) is 5.18. The molecular weight excluding hydrogens is 478 g/mol. The predicted octanol–water partition coefficient (Wildman–Crippen LogP) is 5.76. The Morgan fingerprint density at radius 3 is 2.65 bits per heavy atom. The van der Waals surface area contributed by atoms with E-state index in [1.165, 1.54) is 29.7 Å². The lowest BCUT2D eigenvalue weighted by Crippen LogP contribution is -2.17. The SMILES string of the molecule is FC(F)(F)Oc1cc(C=NNc2nc(-c3ccccc3)cs2)ccc1I. The highest BCUT2D eigenvalue weighted by Crippen LogP contribution is 2.28. The largest absolute Gasteiger partial charge is 0.573 e. The number of thiazole rings is 1. The van der Waals surface area contributed by atoms with E-state index in [9.17, 15) is 13.2 Å². The van der Waals surface area contributed by atoms with Crippen LogP contribution in [0.3, 0.4) is 0 Å². The molecule has 0 bridgehead atoms. The van der Waals surface area contributed by atoms with E-state index in [2.05, 4.69) is 20.2 Å². The maximum absolute atomic E-state index is 12.4. The average Bonchev–Trinajstić information content (AvgIpc) is 3.06. The fourth-order valence-corrected chi connectivity index (χ4v) is 3.15. The second-order valence-corrected chi connectivity index (χ2v) is 7.03. The second-order valence-electron chi connectivity index (χ2n) is 5.01. The average molecular weight is 489 g/mol. The van der Waals surface area contributed by atoms with Gasteiger partial charge in [0.2, 0.25) is 5.13 Å². The Labute approximate surface area is 164 Å². The Morgan fingerprint density at radius 1 is 1.15 bits per heavy atom. The lowest BCUT2D eigenvalue weighted by molar-refractivity contribution is -0.274. The van der Waals surface area contributed by atoms with Crippen molar-refractivity contribution in [1.29, 1.82) is 0 Å². The molecule has 0 saturated heterocycles. The number of hydrogen-bond acceptors (Lipinski definition) is 5. The van der Waals surface area contributed by atoms with Gasteiger partial charge in [0.1, 0.15) is 5.75 Å². The summed E-state index contributed by atoms with van der Waals surface area (Å²) in [7, 11) is 0. The van der Waals surface area contributed by atoms with Crippen LogP contribution in [-0.4, -0.2) is 17.6 Å². The molecule has 0 aliphatic rings. The summed E-state index contributed by atoms with van der Waals surface area (Å²) in [6, 6.07) is 14.1. The fourth-order valence-electron chi connectivity index (χ4n) is 2.03. The van der Waals surface area contributed by atoms with Crippen LogP contribution in [0.25, 0.3) is 11.3 Å². The predicted molar refractivity (Wildman–Crippen MR) is 105 cm³/mol. The molecule has 4 nitrogen and oxygen atoms in total. The molecule has 1 heterocycles. The Balaban J connectivity index is 1.68. The summed E-state index contributed by atoms with van der Waals surface area (Å²) in [6.45, 7) is 0. The number of nitrogens with one attached hydrogen (secondary N) is 1. The molecule has 1 aromatic heterocycles. The number of halogens is 4. The van der Waals surface area contributed by atoms with Crippen molar-refractivity contribution < 1.29 is 17.9 Å². The molecule has 0 aliphatic carbocycles. The van der Waals surface area contributed by atoms with Crippen molar-refractivity contribution in [3.63, 3.8) is 0 Å². The highest BCUT2D eigenvalue weighted by atomic mass is 127. The van der Waals surface area contributed by atoms with Crippen molar-refractivity contribution in [2.75, 3.05) is 5.43 Å². The number of nitrogens with zero attached hydrogens (tertiary/aromatic N) is 2. The summed E-state index contributed by atoms with van der Waals surface area (Å²) >= 11 is 3.16. The van der Waals surface area contributed by atoms with Crippen LogP contribution in [0.4, 0.5) is 18.3 Å². The van der Waals surface area contributed by atoms with Crippen LogP contribution in [0.2, 0.25) is 0 Å². The van der Waals surface area contributed by atoms with Crippen LogP contribution in [-0.2, 0) is 0 Å². The van der Waals surface area contributed by atoms with Gasteiger partial charge in [0.05, 0.1) is 15.5 Å². The molecule has 0 amide bonds. The van der Waals surface area contributed by atoms with Gasteiger partial charge in [-0.2, -0.15) is 5.10 Å². The van der Waals surface area contributed by atoms with Gasteiger partial charge >= 0.3 is 6.36 Å². The monoisotopic (exact) mass is 489 g/mol. The van der Waals surface area contributed by atoms with Crippen molar-refractivity contribution in [3.8, 4) is 17.0 Å². The van der Waals surface area contributed by atoms with Crippen LogP contribution in [0.15, 0.2) is 59.0 Å². The highest BCUT2D eigenvalue weighted by Gasteiger charge is 2.31. The maximum Gasteiger partial charge on any atom is 0.573 e. The Hall–Kier alpha value is -2.14. The topological polar surface area (TPSA) is 46.5 Å². The van der Waals surface area contributed by atoms with Gasteiger partial charge in [-0.25, -0.2) is 4.98 Å². The van der Waals surface area contributed by atoms with Crippen molar-refractivity contribution in [3.05, 3.63) is 63.0 Å². The van der Waals surface area contributed by atoms with Gasteiger partial charge in [-0.15, -0.1) is 24.5 Å². The van der Waals surface area contributed by atoms with E-state index in [0.29, 0.717) is 14.3 Å². The number of alkyl halides is 3. The normalized spacial score (nSPS) is 11.7. The summed E-state index contributed by atoms with van der Waals surface area (Å²) in [4.78, 5) is 4.41. The van der Waals surface area contributed by atoms with E-state index in [0.717, 1.165) is 11.3 Å². The van der Waals surface area contributed by atoms with E-state index in [1.807, 2.05) is 35.7 Å². The minimum absolute atomic E-state index is 0.261. The fraction of sp³-hybridized carbons (Fsp3) is 0.0588. The van der Waals surface area contributed by atoms with Gasteiger partial charge in [0.25, 0.3) is 0 Å². The summed E-state index contributed by atoms with van der Waals surface area (Å²) in [5.41, 5.74) is 5.06. The molecule has 0 aliphatic heterocycles. The minimum atomic E-state index is -4.73. The number of ether oxygens (including phenoxy) is 1. The van der Waals surface area contributed by atoms with Crippen LogP contribution >= 0.6 is 33.9 Å². The van der Waals surface area contributed by atoms with E-state index in [1.54, 1.807) is 28.7 Å². The third-order valence-electron chi connectivity index (χ3n) is 3.13. The zero-order chi connectivity index (χ0) is 18.6. The molecule has 1 N–H and O–H groups in total. The molecular formula is C17H11F3IN3OS. The van der Waals surface area contributed by atoms with Crippen molar-refractivity contribution in [1.82, 2.24) is 4.98 Å². The number of hydrazone groups is 1. The molecule has 26 heavy (non-hydrogen) atoms. The van der Waals surface area contributed by atoms with Crippen LogP contribution in [0.1, 0.15) is 5.56 Å². The van der Waals surface area contributed by atoms with Gasteiger partial charge in [0, 0.05) is 10.9 Å². The zero-order valence-corrected chi connectivity index (χ0v) is 16.0. The minimum Gasteiger partial charge on any atom is -0.405 e. The first-order valence-corrected chi connectivity index (χ1v) is 9.22. The van der Waals surface area contributed by atoms with E-state index in [-0.39, 0.29) is 5.75 Å². The summed E-state index contributed by atoms with van der Waals surface area (Å²) in [6.07, 6.45) is -3.33. The van der Waals surface area contributed by atoms with Gasteiger partial charge in [-0.3, -0.25) is 5.43 Å². The molecule has 0 unspecified atom stereocenters. The summed E-state index contributed by atoms with van der Waals surface area (Å²) in [5.74, 6) is -0.261. The van der Waals surface area contributed by atoms with E-state index in [4.69, 9.17) is 0 Å². The molecule has 134 valence electrons. The van der Waals surface area contributed by atoms with E-state index >= 15 is 0 Å². The Kier molecular flexibility index (Phi) is 5.77. The lowest BCUT2D eigenvalue weighted by atomic mass is 10.2. The van der Waals surface area contributed by atoms with Crippen LogP contribution in [0, 0.1) is 3.57 Å².